The van der Waals surface area contributed by atoms with Gasteiger partial charge in [-0.05, 0) is 62.8 Å². The summed E-state index contributed by atoms with van der Waals surface area (Å²) in [5, 5.41) is 7.76. The van der Waals surface area contributed by atoms with Crippen molar-refractivity contribution in [3.8, 4) is 0 Å². The van der Waals surface area contributed by atoms with Crippen LogP contribution >= 0.6 is 0 Å². The zero-order valence-electron chi connectivity index (χ0n) is 20.8. The molecule has 0 bridgehead atoms. The highest BCUT2D eigenvalue weighted by Gasteiger charge is 2.47. The number of methoxy groups -OCH3 is 1. The van der Waals surface area contributed by atoms with Crippen LogP contribution in [0.2, 0.25) is 0 Å². The van der Waals surface area contributed by atoms with E-state index in [0.717, 1.165) is 23.9 Å². The lowest BCUT2D eigenvalue weighted by molar-refractivity contribution is -0.125. The van der Waals surface area contributed by atoms with Gasteiger partial charge in [-0.3, -0.25) is 4.79 Å². The molecular formula is C27H31N3O5S. The van der Waals surface area contributed by atoms with E-state index in [0.29, 0.717) is 41.8 Å². The van der Waals surface area contributed by atoms with Gasteiger partial charge in [-0.1, -0.05) is 36.4 Å². The van der Waals surface area contributed by atoms with Crippen molar-refractivity contribution < 1.29 is 22.5 Å². The van der Waals surface area contributed by atoms with Crippen molar-refractivity contribution in [2.24, 2.45) is 5.41 Å². The van der Waals surface area contributed by atoms with E-state index in [1.807, 2.05) is 43.3 Å². The van der Waals surface area contributed by atoms with Crippen LogP contribution in [0.5, 0.6) is 0 Å². The van der Waals surface area contributed by atoms with Gasteiger partial charge in [0.1, 0.15) is 16.8 Å². The minimum atomic E-state index is -3.99. The topological polar surface area (TPSA) is 103 Å². The molecule has 9 heteroatoms. The Kier molecular flexibility index (Phi) is 6.06. The molecule has 5 rings (SSSR count). The van der Waals surface area contributed by atoms with Crippen molar-refractivity contribution in [2.45, 2.75) is 57.2 Å². The minimum absolute atomic E-state index is 0.0432. The standard InChI is InChI=1S/C27H31N3O5S/c1-26(14-15-26)25(31)28-18-21-17-19-7-4-5-8-23(19)30(21)36(32,33)27(2)13-6-9-24(34-3)22(27)11-10-20-12-16-35-29-20/h4-9,12,16-17H,10-11,13-15,18H2,1-3H3,(H,28,31). The van der Waals surface area contributed by atoms with Crippen molar-refractivity contribution >= 4 is 26.8 Å². The zero-order valence-corrected chi connectivity index (χ0v) is 21.6. The maximum atomic E-state index is 14.6. The van der Waals surface area contributed by atoms with E-state index < -0.39 is 14.8 Å². The molecule has 1 atom stereocenters. The molecule has 2 aromatic heterocycles. The summed E-state index contributed by atoms with van der Waals surface area (Å²) in [6, 6.07) is 11.0. The summed E-state index contributed by atoms with van der Waals surface area (Å²) in [6.07, 6.45) is 8.15. The molecule has 0 aliphatic heterocycles. The maximum absolute atomic E-state index is 14.6. The molecule has 0 radical (unpaired) electrons. The number of amides is 1. The van der Waals surface area contributed by atoms with Gasteiger partial charge in [0.15, 0.2) is 0 Å². The first-order valence-electron chi connectivity index (χ1n) is 12.2. The highest BCUT2D eigenvalue weighted by Crippen LogP contribution is 2.45. The number of rotatable bonds is 9. The zero-order chi connectivity index (χ0) is 25.6. The Morgan fingerprint density at radius 3 is 2.67 bits per heavy atom. The number of allylic oxidation sites excluding steroid dienone is 2. The molecule has 1 unspecified atom stereocenters. The summed E-state index contributed by atoms with van der Waals surface area (Å²) in [5.74, 6) is 0.502. The van der Waals surface area contributed by atoms with E-state index in [-0.39, 0.29) is 17.9 Å². The molecule has 36 heavy (non-hydrogen) atoms. The third kappa shape index (κ3) is 4.05. The van der Waals surface area contributed by atoms with E-state index in [1.54, 1.807) is 26.2 Å². The largest absolute Gasteiger partial charge is 0.497 e. The number of aryl methyl sites for hydroxylation is 1. The fraction of sp³-hybridized carbons (Fsp3) is 0.407. The first-order valence-corrected chi connectivity index (χ1v) is 13.6. The van der Waals surface area contributed by atoms with Crippen LogP contribution < -0.4 is 5.32 Å². The summed E-state index contributed by atoms with van der Waals surface area (Å²) < 4.78 is 39.9. The van der Waals surface area contributed by atoms with Gasteiger partial charge in [0.2, 0.25) is 15.9 Å². The number of aromatic nitrogens is 2. The van der Waals surface area contributed by atoms with Crippen LogP contribution in [-0.4, -0.2) is 35.3 Å². The van der Waals surface area contributed by atoms with Crippen molar-refractivity contribution in [2.75, 3.05) is 7.11 Å². The van der Waals surface area contributed by atoms with Gasteiger partial charge in [0, 0.05) is 16.9 Å². The van der Waals surface area contributed by atoms with E-state index in [9.17, 15) is 13.2 Å². The number of carbonyl (C=O) groups excluding carboxylic acids is 1. The summed E-state index contributed by atoms with van der Waals surface area (Å²) >= 11 is 0. The molecule has 2 heterocycles. The fourth-order valence-electron chi connectivity index (χ4n) is 4.93. The van der Waals surface area contributed by atoms with Crippen LogP contribution in [0.3, 0.4) is 0 Å². The Bertz CT molecular complexity index is 1460. The SMILES string of the molecule is COC1=C(CCc2ccon2)C(C)(S(=O)(=O)n2c(CNC(=O)C3(C)CC3)cc3ccccc32)CC=C1. The Morgan fingerprint density at radius 1 is 1.19 bits per heavy atom. The molecule has 0 saturated heterocycles. The van der Waals surface area contributed by atoms with Gasteiger partial charge < -0.3 is 14.6 Å². The molecule has 2 aliphatic carbocycles. The van der Waals surface area contributed by atoms with E-state index in [2.05, 4.69) is 10.5 Å². The fourth-order valence-corrected chi connectivity index (χ4v) is 7.00. The smallest absolute Gasteiger partial charge is 0.249 e. The second-order valence-corrected chi connectivity index (χ2v) is 12.3. The van der Waals surface area contributed by atoms with E-state index in [4.69, 9.17) is 9.26 Å². The molecule has 1 amide bonds. The summed E-state index contributed by atoms with van der Waals surface area (Å²) in [4.78, 5) is 12.7. The number of hydrogen-bond donors (Lipinski definition) is 1. The number of nitrogens with one attached hydrogen (secondary N) is 1. The van der Waals surface area contributed by atoms with E-state index >= 15 is 0 Å². The molecule has 190 valence electrons. The highest BCUT2D eigenvalue weighted by molar-refractivity contribution is 7.91. The maximum Gasteiger partial charge on any atom is 0.249 e. The lowest BCUT2D eigenvalue weighted by Crippen LogP contribution is -2.44. The highest BCUT2D eigenvalue weighted by atomic mass is 32.2. The minimum Gasteiger partial charge on any atom is -0.497 e. The van der Waals surface area contributed by atoms with Crippen LogP contribution in [0.1, 0.15) is 50.9 Å². The van der Waals surface area contributed by atoms with Crippen LogP contribution in [0.25, 0.3) is 10.9 Å². The van der Waals surface area contributed by atoms with E-state index in [1.165, 1.54) is 10.2 Å². The first kappa shape index (κ1) is 24.4. The lowest BCUT2D eigenvalue weighted by Gasteiger charge is -2.35. The molecule has 1 N–H and O–H groups in total. The van der Waals surface area contributed by atoms with Gasteiger partial charge in [0.05, 0.1) is 30.6 Å². The number of fused-ring (bicyclic) bond motifs is 1. The predicted octanol–water partition coefficient (Wildman–Crippen LogP) is 4.48. The third-order valence-corrected chi connectivity index (χ3v) is 10.0. The molecule has 1 saturated carbocycles. The molecular weight excluding hydrogens is 478 g/mol. The van der Waals surface area contributed by atoms with Crippen LogP contribution in [0, 0.1) is 5.41 Å². The number of para-hydroxylation sites is 1. The molecule has 2 aliphatic rings. The number of benzene rings is 1. The van der Waals surface area contributed by atoms with Gasteiger partial charge >= 0.3 is 0 Å². The van der Waals surface area contributed by atoms with Crippen LogP contribution in [0.4, 0.5) is 0 Å². The number of carbonyl (C=O) groups is 1. The summed E-state index contributed by atoms with van der Waals surface area (Å²) in [7, 11) is -2.44. The average Bonchev–Trinajstić information content (AvgIpc) is 3.26. The average molecular weight is 510 g/mol. The Hall–Kier alpha value is -3.33. The first-order chi connectivity index (χ1) is 17.2. The lowest BCUT2D eigenvalue weighted by atomic mass is 9.87. The van der Waals surface area contributed by atoms with Crippen molar-refractivity contribution in [1.82, 2.24) is 14.4 Å². The predicted molar refractivity (Wildman–Crippen MR) is 136 cm³/mol. The Labute approximate surface area is 211 Å². The third-order valence-electron chi connectivity index (χ3n) is 7.58. The van der Waals surface area contributed by atoms with Crippen molar-refractivity contribution in [3.05, 3.63) is 77.5 Å². The molecule has 1 aromatic carbocycles. The number of hydrogen-bond acceptors (Lipinski definition) is 6. The van der Waals surface area contributed by atoms with Crippen molar-refractivity contribution in [1.29, 1.82) is 0 Å². The second-order valence-electron chi connectivity index (χ2n) is 10.1. The molecule has 0 spiro atoms. The monoisotopic (exact) mass is 509 g/mol. The summed E-state index contributed by atoms with van der Waals surface area (Å²) in [5.41, 5.74) is 2.20. The van der Waals surface area contributed by atoms with Gasteiger partial charge in [-0.15, -0.1) is 0 Å². The number of ether oxygens (including phenoxy) is 1. The van der Waals surface area contributed by atoms with Gasteiger partial charge in [0.25, 0.3) is 0 Å². The molecule has 8 nitrogen and oxygen atoms in total. The van der Waals surface area contributed by atoms with Gasteiger partial charge in [-0.2, -0.15) is 0 Å². The van der Waals surface area contributed by atoms with Crippen LogP contribution in [-0.2, 0) is 32.5 Å². The quantitative estimate of drug-likeness (QED) is 0.456. The second kappa shape index (κ2) is 8.96. The van der Waals surface area contributed by atoms with Crippen LogP contribution in [0.15, 0.2) is 70.7 Å². The molecule has 1 fully saturated rings. The number of nitrogens with zero attached hydrogens (tertiary/aromatic N) is 2. The Morgan fingerprint density at radius 2 is 1.97 bits per heavy atom. The Balaban J connectivity index is 1.57. The molecule has 3 aromatic rings. The normalized spacial score (nSPS) is 21.1. The summed E-state index contributed by atoms with van der Waals surface area (Å²) in [6.45, 7) is 3.82. The van der Waals surface area contributed by atoms with Crippen molar-refractivity contribution in [3.63, 3.8) is 0 Å². The van der Waals surface area contributed by atoms with Gasteiger partial charge in [-0.25, -0.2) is 12.4 Å².